The number of aromatic hydroxyl groups is 1. The Bertz CT molecular complexity index is 907. The molecule has 0 saturated heterocycles. The van der Waals surface area contributed by atoms with Crippen molar-refractivity contribution in [3.05, 3.63) is 64.8 Å². The first-order chi connectivity index (χ1) is 11.0. The lowest BCUT2D eigenvalue weighted by Crippen LogP contribution is -2.41. The minimum Gasteiger partial charge on any atom is -0.507 e. The molecule has 116 valence electrons. The summed E-state index contributed by atoms with van der Waals surface area (Å²) in [7, 11) is 0. The fourth-order valence-corrected chi connectivity index (χ4v) is 2.97. The second kappa shape index (κ2) is 6.05. The van der Waals surface area contributed by atoms with Crippen molar-refractivity contribution in [1.82, 2.24) is 10.9 Å². The Morgan fingerprint density at radius 2 is 1.74 bits per heavy atom. The Morgan fingerprint density at radius 1 is 1.00 bits per heavy atom. The number of para-hydroxylation sites is 1. The maximum absolute atomic E-state index is 13.1. The molecule has 3 aromatic rings. The number of rotatable bonds is 2. The van der Waals surface area contributed by atoms with Crippen molar-refractivity contribution in [2.45, 2.75) is 0 Å². The highest BCUT2D eigenvalue weighted by atomic mass is 32.1. The van der Waals surface area contributed by atoms with Crippen LogP contribution in [0, 0.1) is 5.82 Å². The Kier molecular flexibility index (Phi) is 3.94. The van der Waals surface area contributed by atoms with Crippen LogP contribution in [0.3, 0.4) is 0 Å². The van der Waals surface area contributed by atoms with E-state index in [1.165, 1.54) is 35.6 Å². The Labute approximate surface area is 134 Å². The van der Waals surface area contributed by atoms with Crippen LogP contribution in [0.4, 0.5) is 4.39 Å². The first-order valence-electron chi connectivity index (χ1n) is 6.62. The summed E-state index contributed by atoms with van der Waals surface area (Å²) in [5.74, 6) is -1.72. The molecule has 2 amide bonds. The van der Waals surface area contributed by atoms with Crippen LogP contribution in [0.2, 0.25) is 0 Å². The van der Waals surface area contributed by atoms with Crippen LogP contribution in [0.1, 0.15) is 20.0 Å². The maximum atomic E-state index is 13.1. The highest BCUT2D eigenvalue weighted by molar-refractivity contribution is 7.20. The molecule has 1 aromatic heterocycles. The van der Waals surface area contributed by atoms with Gasteiger partial charge in [-0.2, -0.15) is 0 Å². The minimum absolute atomic E-state index is 0.0474. The van der Waals surface area contributed by atoms with Crippen LogP contribution in [-0.2, 0) is 0 Å². The first kappa shape index (κ1) is 15.0. The lowest BCUT2D eigenvalue weighted by molar-refractivity contribution is 0.0847. The van der Waals surface area contributed by atoms with Gasteiger partial charge in [-0.05, 0) is 41.8 Å². The monoisotopic (exact) mass is 330 g/mol. The van der Waals surface area contributed by atoms with Crippen molar-refractivity contribution in [3.63, 3.8) is 0 Å². The molecule has 23 heavy (non-hydrogen) atoms. The molecule has 0 aliphatic carbocycles. The van der Waals surface area contributed by atoms with Crippen molar-refractivity contribution in [2.75, 3.05) is 0 Å². The molecule has 0 atom stereocenters. The predicted molar refractivity (Wildman–Crippen MR) is 84.8 cm³/mol. The van der Waals surface area contributed by atoms with Crippen LogP contribution in [0.5, 0.6) is 5.75 Å². The average Bonchev–Trinajstić information content (AvgIpc) is 2.95. The highest BCUT2D eigenvalue weighted by Crippen LogP contribution is 2.26. The van der Waals surface area contributed by atoms with E-state index in [1.54, 1.807) is 24.3 Å². The Balaban J connectivity index is 1.71. The lowest BCUT2D eigenvalue weighted by Gasteiger charge is -2.07. The van der Waals surface area contributed by atoms with Crippen LogP contribution in [0.15, 0.2) is 48.5 Å². The van der Waals surface area contributed by atoms with Crippen molar-refractivity contribution in [2.24, 2.45) is 0 Å². The smallest absolute Gasteiger partial charge is 0.279 e. The van der Waals surface area contributed by atoms with E-state index in [9.17, 15) is 19.1 Å². The Hall–Kier alpha value is -2.93. The van der Waals surface area contributed by atoms with E-state index >= 15 is 0 Å². The second-order valence-electron chi connectivity index (χ2n) is 4.72. The standard InChI is InChI=1S/C16H11FN2O3S/c17-10-5-6-13-9(7-10)8-14(23-13)16(22)19-18-15(21)11-3-1-2-4-12(11)20/h1-8,20H,(H,18,21)(H,19,22). The predicted octanol–water partition coefficient (Wildman–Crippen LogP) is 2.82. The van der Waals surface area contributed by atoms with Crippen molar-refractivity contribution in [3.8, 4) is 5.75 Å². The number of nitrogens with one attached hydrogen (secondary N) is 2. The van der Waals surface area contributed by atoms with E-state index < -0.39 is 11.8 Å². The summed E-state index contributed by atoms with van der Waals surface area (Å²) in [6.07, 6.45) is 0. The quantitative estimate of drug-likeness (QED) is 0.632. The van der Waals surface area contributed by atoms with E-state index in [0.717, 1.165) is 4.70 Å². The number of carbonyl (C=O) groups excluding carboxylic acids is 2. The van der Waals surface area contributed by atoms with Gasteiger partial charge in [-0.25, -0.2) is 4.39 Å². The summed E-state index contributed by atoms with van der Waals surface area (Å²) in [6.45, 7) is 0. The summed E-state index contributed by atoms with van der Waals surface area (Å²) in [4.78, 5) is 24.3. The van der Waals surface area contributed by atoms with E-state index in [2.05, 4.69) is 10.9 Å². The number of benzene rings is 2. The molecule has 0 radical (unpaired) electrons. The molecule has 2 aromatic carbocycles. The molecular weight excluding hydrogens is 319 g/mol. The number of fused-ring (bicyclic) bond motifs is 1. The van der Waals surface area contributed by atoms with Crippen LogP contribution in [0.25, 0.3) is 10.1 Å². The molecule has 0 fully saturated rings. The zero-order valence-corrected chi connectivity index (χ0v) is 12.5. The molecule has 0 spiro atoms. The molecule has 0 bridgehead atoms. The zero-order valence-electron chi connectivity index (χ0n) is 11.7. The molecule has 3 N–H and O–H groups in total. The molecule has 7 heteroatoms. The normalized spacial score (nSPS) is 10.5. The van der Waals surface area contributed by atoms with Gasteiger partial charge in [0.05, 0.1) is 10.4 Å². The minimum atomic E-state index is -0.636. The van der Waals surface area contributed by atoms with Gasteiger partial charge in [0.25, 0.3) is 11.8 Å². The molecule has 0 unspecified atom stereocenters. The van der Waals surface area contributed by atoms with Gasteiger partial charge in [-0.1, -0.05) is 12.1 Å². The number of carbonyl (C=O) groups is 2. The highest BCUT2D eigenvalue weighted by Gasteiger charge is 2.14. The van der Waals surface area contributed by atoms with Gasteiger partial charge in [-0.3, -0.25) is 20.4 Å². The van der Waals surface area contributed by atoms with Crippen molar-refractivity contribution in [1.29, 1.82) is 0 Å². The third-order valence-electron chi connectivity index (χ3n) is 3.14. The molecule has 0 aliphatic rings. The van der Waals surface area contributed by atoms with Crippen LogP contribution in [-0.4, -0.2) is 16.9 Å². The third-order valence-corrected chi connectivity index (χ3v) is 4.26. The fraction of sp³-hybridized carbons (Fsp3) is 0. The molecule has 0 aliphatic heterocycles. The second-order valence-corrected chi connectivity index (χ2v) is 5.80. The third kappa shape index (κ3) is 3.14. The summed E-state index contributed by atoms with van der Waals surface area (Å²) in [5, 5.41) is 10.2. The van der Waals surface area contributed by atoms with Gasteiger partial charge in [0.1, 0.15) is 11.6 Å². The van der Waals surface area contributed by atoms with Crippen molar-refractivity contribution >= 4 is 33.2 Å². The topological polar surface area (TPSA) is 78.4 Å². The fourth-order valence-electron chi connectivity index (χ4n) is 2.03. The summed E-state index contributed by atoms with van der Waals surface area (Å²) < 4.78 is 13.9. The van der Waals surface area contributed by atoms with Gasteiger partial charge in [0.2, 0.25) is 0 Å². The average molecular weight is 330 g/mol. The summed E-state index contributed by atoms with van der Waals surface area (Å²) >= 11 is 1.19. The molecule has 5 nitrogen and oxygen atoms in total. The van der Waals surface area contributed by atoms with Gasteiger partial charge in [0, 0.05) is 4.70 Å². The Morgan fingerprint density at radius 3 is 2.52 bits per heavy atom. The van der Waals surface area contributed by atoms with Crippen LogP contribution < -0.4 is 10.9 Å². The molecule has 0 saturated carbocycles. The van der Waals surface area contributed by atoms with Crippen molar-refractivity contribution < 1.29 is 19.1 Å². The first-order valence-corrected chi connectivity index (χ1v) is 7.44. The number of phenolic OH excluding ortho intramolecular Hbond substituents is 1. The largest absolute Gasteiger partial charge is 0.507 e. The number of amides is 2. The van der Waals surface area contributed by atoms with Gasteiger partial charge in [0.15, 0.2) is 0 Å². The molecule has 3 rings (SSSR count). The summed E-state index contributed by atoms with van der Waals surface area (Å²) in [6, 6.07) is 11.8. The molecular formula is C16H11FN2O3S. The lowest BCUT2D eigenvalue weighted by atomic mass is 10.2. The van der Waals surface area contributed by atoms with E-state index in [4.69, 9.17) is 0 Å². The number of hydrogen-bond donors (Lipinski definition) is 3. The van der Waals surface area contributed by atoms with Gasteiger partial charge < -0.3 is 5.11 Å². The molecule has 1 heterocycles. The van der Waals surface area contributed by atoms with Crippen LogP contribution >= 0.6 is 11.3 Å². The van der Waals surface area contributed by atoms with E-state index in [0.29, 0.717) is 10.3 Å². The van der Waals surface area contributed by atoms with E-state index in [-0.39, 0.29) is 17.1 Å². The van der Waals surface area contributed by atoms with E-state index in [1.807, 2.05) is 0 Å². The number of hydrogen-bond acceptors (Lipinski definition) is 4. The zero-order chi connectivity index (χ0) is 16.4. The number of hydrazine groups is 1. The van der Waals surface area contributed by atoms with Gasteiger partial charge in [-0.15, -0.1) is 11.3 Å². The summed E-state index contributed by atoms with van der Waals surface area (Å²) in [5.41, 5.74) is 4.54. The maximum Gasteiger partial charge on any atom is 0.279 e. The van der Waals surface area contributed by atoms with Gasteiger partial charge >= 0.3 is 0 Å². The number of phenols is 1. The number of halogens is 1. The number of thiophene rings is 1. The SMILES string of the molecule is O=C(NNC(=O)c1ccccc1O)c1cc2cc(F)ccc2s1.